The predicted octanol–water partition coefficient (Wildman–Crippen LogP) is 0.253. The van der Waals surface area contributed by atoms with Gasteiger partial charge in [0.15, 0.2) is 17.2 Å². The third-order valence-electron chi connectivity index (χ3n) is 4.49. The van der Waals surface area contributed by atoms with Crippen molar-refractivity contribution in [3.8, 4) is 0 Å². The Hall–Kier alpha value is -2.56. The summed E-state index contributed by atoms with van der Waals surface area (Å²) in [5.74, 6) is 0. The van der Waals surface area contributed by atoms with E-state index in [0.29, 0.717) is 11.1 Å². The number of aromatic nitrogens is 2. The van der Waals surface area contributed by atoms with E-state index in [1.54, 1.807) is 12.1 Å². The van der Waals surface area contributed by atoms with Gasteiger partial charge in [0, 0.05) is 32.7 Å². The Balaban J connectivity index is 2.00. The number of furan rings is 1. The average Bonchev–Trinajstić information content (AvgIpc) is 2.93. The van der Waals surface area contributed by atoms with Crippen LogP contribution in [-0.4, -0.2) is 23.7 Å². The SMILES string of the molecule is [2H]C([2H])([2H])c1ccc2c3c(oc2n1)=CN(C)B(c1cccc[n+]1C)C=3C. The van der Waals surface area contributed by atoms with Crippen LogP contribution in [0.4, 0.5) is 0 Å². The van der Waals surface area contributed by atoms with Crippen molar-refractivity contribution in [3.63, 3.8) is 0 Å². The van der Waals surface area contributed by atoms with E-state index >= 15 is 0 Å². The predicted molar refractivity (Wildman–Crippen MR) is 92.3 cm³/mol. The Morgan fingerprint density at radius 1 is 1.30 bits per heavy atom. The highest BCUT2D eigenvalue weighted by atomic mass is 16.3. The van der Waals surface area contributed by atoms with E-state index in [-0.39, 0.29) is 12.5 Å². The molecule has 3 aromatic heterocycles. The van der Waals surface area contributed by atoms with Gasteiger partial charge in [0.25, 0.3) is 0 Å². The molecule has 23 heavy (non-hydrogen) atoms. The molecule has 0 aromatic carbocycles. The molecule has 0 saturated carbocycles. The lowest BCUT2D eigenvalue weighted by Crippen LogP contribution is -2.62. The fourth-order valence-corrected chi connectivity index (χ4v) is 3.45. The highest BCUT2D eigenvalue weighted by Gasteiger charge is 2.34. The molecule has 0 aliphatic carbocycles. The highest BCUT2D eigenvalue weighted by molar-refractivity contribution is 6.85. The van der Waals surface area contributed by atoms with Gasteiger partial charge in [0.1, 0.15) is 7.05 Å². The molecular weight excluding hydrogens is 285 g/mol. The summed E-state index contributed by atoms with van der Waals surface area (Å²) < 4.78 is 30.7. The first-order valence-electron chi connectivity index (χ1n) is 9.06. The zero-order valence-corrected chi connectivity index (χ0v) is 13.4. The quantitative estimate of drug-likeness (QED) is 0.477. The zero-order valence-electron chi connectivity index (χ0n) is 16.4. The van der Waals surface area contributed by atoms with Crippen LogP contribution in [0.2, 0.25) is 0 Å². The molecule has 4 nitrogen and oxygen atoms in total. The first-order chi connectivity index (χ1) is 12.3. The second-order valence-electron chi connectivity index (χ2n) is 6.01. The summed E-state index contributed by atoms with van der Waals surface area (Å²) in [6.45, 7) is -0.0925. The number of nitrogens with zero attached hydrogens (tertiary/aromatic N) is 3. The molecule has 4 rings (SSSR count). The van der Waals surface area contributed by atoms with Crippen LogP contribution >= 0.6 is 0 Å². The molecule has 3 aromatic rings. The Bertz CT molecular complexity index is 1140. The maximum absolute atomic E-state index is 7.56. The van der Waals surface area contributed by atoms with Gasteiger partial charge in [0.2, 0.25) is 5.71 Å². The molecule has 0 atom stereocenters. The van der Waals surface area contributed by atoms with Gasteiger partial charge in [-0.05, 0) is 39.0 Å². The number of hydrogen-bond donors (Lipinski definition) is 0. The molecule has 0 fully saturated rings. The average molecular weight is 307 g/mol. The fourth-order valence-electron chi connectivity index (χ4n) is 3.45. The largest absolute Gasteiger partial charge is 0.436 e. The zero-order chi connectivity index (χ0) is 18.6. The molecule has 0 saturated heterocycles. The van der Waals surface area contributed by atoms with Crippen LogP contribution in [0.5, 0.6) is 0 Å². The number of pyridine rings is 2. The van der Waals surface area contributed by atoms with Crippen molar-refractivity contribution in [2.45, 2.75) is 13.8 Å². The molecule has 0 N–H and O–H groups in total. The second-order valence-corrected chi connectivity index (χ2v) is 6.01. The van der Waals surface area contributed by atoms with Crippen molar-refractivity contribution in [1.82, 2.24) is 9.79 Å². The van der Waals surface area contributed by atoms with Crippen LogP contribution in [0.3, 0.4) is 0 Å². The molecule has 0 radical (unpaired) electrons. The lowest BCUT2D eigenvalue weighted by Gasteiger charge is -2.24. The van der Waals surface area contributed by atoms with E-state index in [1.807, 2.05) is 38.6 Å². The monoisotopic (exact) mass is 307 g/mol. The van der Waals surface area contributed by atoms with Crippen molar-refractivity contribution in [2.24, 2.45) is 7.05 Å². The summed E-state index contributed by atoms with van der Waals surface area (Å²) in [4.78, 5) is 6.35. The molecule has 0 unspecified atom stereocenters. The van der Waals surface area contributed by atoms with Crippen LogP contribution in [0.25, 0.3) is 22.8 Å². The van der Waals surface area contributed by atoms with Crippen molar-refractivity contribution < 1.29 is 13.1 Å². The summed E-state index contributed by atoms with van der Waals surface area (Å²) >= 11 is 0. The lowest BCUT2D eigenvalue weighted by molar-refractivity contribution is -0.654. The van der Waals surface area contributed by atoms with E-state index in [9.17, 15) is 0 Å². The summed E-state index contributed by atoms with van der Waals surface area (Å²) in [6, 6.07) is 9.51. The summed E-state index contributed by atoms with van der Waals surface area (Å²) in [5, 5.41) is 1.84. The van der Waals surface area contributed by atoms with Crippen molar-refractivity contribution in [1.29, 1.82) is 0 Å². The number of rotatable bonds is 1. The van der Waals surface area contributed by atoms with E-state index in [0.717, 1.165) is 21.7 Å². The molecule has 114 valence electrons. The molecule has 0 amide bonds. The van der Waals surface area contributed by atoms with Crippen LogP contribution in [-0.2, 0) is 7.05 Å². The van der Waals surface area contributed by atoms with E-state index in [2.05, 4.69) is 27.4 Å². The number of fused-ring (bicyclic) bond motifs is 3. The summed E-state index contributed by atoms with van der Waals surface area (Å²) in [7, 11) is 4.04. The molecule has 1 aliphatic rings. The molecule has 1 aliphatic heterocycles. The highest BCUT2D eigenvalue weighted by Crippen LogP contribution is 2.13. The minimum atomic E-state index is -2.25. The summed E-state index contributed by atoms with van der Waals surface area (Å²) in [5.41, 5.74) is 3.44. The van der Waals surface area contributed by atoms with E-state index in [4.69, 9.17) is 8.53 Å². The van der Waals surface area contributed by atoms with Gasteiger partial charge in [0.05, 0.1) is 0 Å². The first kappa shape index (κ1) is 11.1. The first-order valence-corrected chi connectivity index (χ1v) is 7.56. The van der Waals surface area contributed by atoms with E-state index < -0.39 is 6.85 Å². The van der Waals surface area contributed by atoms with Gasteiger partial charge in [-0.3, -0.25) is 0 Å². The van der Waals surface area contributed by atoms with Gasteiger partial charge < -0.3 is 9.23 Å². The van der Waals surface area contributed by atoms with Crippen LogP contribution in [0.1, 0.15) is 16.7 Å². The summed E-state index contributed by atoms with van der Waals surface area (Å²) in [6.07, 6.45) is 3.99. The Morgan fingerprint density at radius 2 is 2.17 bits per heavy atom. The van der Waals surface area contributed by atoms with Gasteiger partial charge in [-0.15, -0.1) is 0 Å². The minimum Gasteiger partial charge on any atom is -0.436 e. The Morgan fingerprint density at radius 3 is 2.96 bits per heavy atom. The second kappa shape index (κ2) is 4.98. The third kappa shape index (κ3) is 2.07. The van der Waals surface area contributed by atoms with Gasteiger partial charge in [-0.25, -0.2) is 9.55 Å². The fraction of sp³-hybridized carbons (Fsp3) is 0.222. The maximum Gasteiger partial charge on any atom is 0.399 e. The molecular formula is C18H19BN3O+. The Labute approximate surface area is 139 Å². The maximum atomic E-state index is 7.56. The van der Waals surface area contributed by atoms with Crippen LogP contribution in [0.15, 0.2) is 40.9 Å². The standard InChI is InChI=1S/C18H19BN3O/c1-12-8-9-14-17-13(2)19(16-7-5-6-10-21(16)3)22(4)11-15(17)23-18(14)20-12/h5-11H,1-4H3/q+1/i1D3. The molecule has 0 bridgehead atoms. The van der Waals surface area contributed by atoms with Crippen LogP contribution in [0, 0.1) is 6.85 Å². The van der Waals surface area contributed by atoms with Crippen LogP contribution < -0.4 is 20.8 Å². The van der Waals surface area contributed by atoms with E-state index in [1.165, 1.54) is 0 Å². The molecule has 4 heterocycles. The van der Waals surface area contributed by atoms with Gasteiger partial charge >= 0.3 is 6.85 Å². The lowest BCUT2D eigenvalue weighted by atomic mass is 9.50. The number of aryl methyl sites for hydroxylation is 2. The molecule has 5 heteroatoms. The minimum absolute atomic E-state index is 0.0492. The topological polar surface area (TPSA) is 33.2 Å². The smallest absolute Gasteiger partial charge is 0.399 e. The van der Waals surface area contributed by atoms with Crippen molar-refractivity contribution in [2.75, 3.05) is 7.05 Å². The van der Waals surface area contributed by atoms with Crippen molar-refractivity contribution >= 4 is 35.2 Å². The third-order valence-corrected chi connectivity index (χ3v) is 4.49. The molecule has 0 spiro atoms. The van der Waals surface area contributed by atoms with Gasteiger partial charge in [-0.1, -0.05) is 11.5 Å². The number of hydrogen-bond acceptors (Lipinski definition) is 3. The van der Waals surface area contributed by atoms with Gasteiger partial charge in [-0.2, -0.15) is 0 Å². The Kier molecular flexibility index (Phi) is 2.39. The van der Waals surface area contributed by atoms with Crippen molar-refractivity contribution in [3.05, 3.63) is 52.9 Å². The normalized spacial score (nSPS) is 16.7.